The van der Waals surface area contributed by atoms with Crippen LogP contribution in [0.5, 0.6) is 5.75 Å². The Morgan fingerprint density at radius 3 is 2.48 bits per heavy atom. The zero-order valence-electron chi connectivity index (χ0n) is 15.5. The number of amides is 2. The highest BCUT2D eigenvalue weighted by atomic mass is 32.2. The van der Waals surface area contributed by atoms with Gasteiger partial charge < -0.3 is 15.4 Å². The van der Waals surface area contributed by atoms with Gasteiger partial charge in [0.05, 0.1) is 18.6 Å². The highest BCUT2D eigenvalue weighted by Gasteiger charge is 2.20. The van der Waals surface area contributed by atoms with Crippen LogP contribution in [-0.2, 0) is 29.1 Å². The van der Waals surface area contributed by atoms with Gasteiger partial charge in [-0.05, 0) is 60.6 Å². The zero-order chi connectivity index (χ0) is 19.4. The van der Waals surface area contributed by atoms with Gasteiger partial charge in [-0.2, -0.15) is 0 Å². The van der Waals surface area contributed by atoms with Crippen molar-refractivity contribution in [2.45, 2.75) is 25.7 Å². The van der Waals surface area contributed by atoms with Crippen molar-refractivity contribution in [3.63, 3.8) is 0 Å². The van der Waals surface area contributed by atoms with Gasteiger partial charge in [0.25, 0.3) is 0 Å². The SMILES string of the molecule is COc1ccc2c(c1NC(=O)Nc1ccc(CCS(C)(=O)=O)cc1)CCC2. The first kappa shape index (κ1) is 19.2. The Morgan fingerprint density at radius 1 is 1.07 bits per heavy atom. The molecule has 0 unspecified atom stereocenters. The van der Waals surface area contributed by atoms with Crippen LogP contribution in [0, 0.1) is 0 Å². The zero-order valence-corrected chi connectivity index (χ0v) is 16.4. The van der Waals surface area contributed by atoms with E-state index in [4.69, 9.17) is 4.74 Å². The summed E-state index contributed by atoms with van der Waals surface area (Å²) in [5, 5.41) is 5.72. The van der Waals surface area contributed by atoms with E-state index in [9.17, 15) is 13.2 Å². The van der Waals surface area contributed by atoms with Crippen LogP contribution in [0.3, 0.4) is 0 Å². The number of carbonyl (C=O) groups is 1. The summed E-state index contributed by atoms with van der Waals surface area (Å²) in [5.41, 5.74) is 4.67. The van der Waals surface area contributed by atoms with Crippen molar-refractivity contribution in [2.24, 2.45) is 0 Å². The van der Waals surface area contributed by atoms with Crippen molar-refractivity contribution in [3.8, 4) is 5.75 Å². The lowest BCUT2D eigenvalue weighted by atomic mass is 10.1. The van der Waals surface area contributed by atoms with E-state index in [0.717, 1.165) is 36.1 Å². The van der Waals surface area contributed by atoms with Gasteiger partial charge in [-0.1, -0.05) is 18.2 Å². The quantitative estimate of drug-likeness (QED) is 0.794. The van der Waals surface area contributed by atoms with Crippen LogP contribution < -0.4 is 15.4 Å². The summed E-state index contributed by atoms with van der Waals surface area (Å²) in [5.74, 6) is 0.765. The van der Waals surface area contributed by atoms with Gasteiger partial charge in [-0.15, -0.1) is 0 Å². The minimum absolute atomic E-state index is 0.110. The fraction of sp³-hybridized carbons (Fsp3) is 0.350. The van der Waals surface area contributed by atoms with Crippen molar-refractivity contribution < 1.29 is 17.9 Å². The van der Waals surface area contributed by atoms with Crippen LogP contribution in [0.15, 0.2) is 36.4 Å². The molecule has 2 amide bonds. The number of sulfone groups is 1. The molecule has 0 saturated heterocycles. The number of urea groups is 1. The molecule has 144 valence electrons. The standard InChI is InChI=1S/C20H24N2O4S/c1-26-18-11-8-15-4-3-5-17(15)19(18)22-20(23)21-16-9-6-14(7-10-16)12-13-27(2,24)25/h6-11H,3-5,12-13H2,1-2H3,(H2,21,22,23). The molecule has 2 aromatic carbocycles. The van der Waals surface area contributed by atoms with E-state index in [1.165, 1.54) is 11.8 Å². The maximum absolute atomic E-state index is 12.4. The van der Waals surface area contributed by atoms with Gasteiger partial charge in [0.2, 0.25) is 0 Å². The molecule has 2 aromatic rings. The molecule has 0 radical (unpaired) electrons. The Bertz CT molecular complexity index is 937. The molecule has 3 rings (SSSR count). The summed E-state index contributed by atoms with van der Waals surface area (Å²) in [7, 11) is -1.40. The highest BCUT2D eigenvalue weighted by molar-refractivity contribution is 7.90. The number of hydrogen-bond acceptors (Lipinski definition) is 4. The highest BCUT2D eigenvalue weighted by Crippen LogP contribution is 2.36. The number of hydrogen-bond donors (Lipinski definition) is 2. The fourth-order valence-corrected chi connectivity index (χ4v) is 3.89. The number of carbonyl (C=O) groups excluding carboxylic acids is 1. The van der Waals surface area contributed by atoms with Crippen LogP contribution in [0.4, 0.5) is 16.2 Å². The number of anilines is 2. The number of ether oxygens (including phenoxy) is 1. The second-order valence-corrected chi connectivity index (χ2v) is 9.05. The summed E-state index contributed by atoms with van der Waals surface area (Å²) in [4.78, 5) is 12.4. The molecule has 1 aliphatic carbocycles. The minimum Gasteiger partial charge on any atom is -0.495 e. The number of methoxy groups -OCH3 is 1. The van der Waals surface area contributed by atoms with Gasteiger partial charge >= 0.3 is 6.03 Å². The maximum Gasteiger partial charge on any atom is 0.323 e. The molecule has 0 saturated carbocycles. The molecule has 0 fully saturated rings. The van der Waals surface area contributed by atoms with Crippen LogP contribution in [0.1, 0.15) is 23.1 Å². The first-order valence-electron chi connectivity index (χ1n) is 8.89. The monoisotopic (exact) mass is 388 g/mol. The molecule has 0 bridgehead atoms. The fourth-order valence-electron chi connectivity index (χ4n) is 3.29. The molecule has 7 heteroatoms. The molecule has 0 aromatic heterocycles. The summed E-state index contributed by atoms with van der Waals surface area (Å²) < 4.78 is 27.9. The Labute approximate surface area is 159 Å². The van der Waals surface area contributed by atoms with E-state index < -0.39 is 9.84 Å². The predicted molar refractivity (Wildman–Crippen MR) is 108 cm³/mol. The summed E-state index contributed by atoms with van der Waals surface area (Å²) >= 11 is 0. The van der Waals surface area contributed by atoms with Gasteiger partial charge in [0, 0.05) is 11.9 Å². The normalized spacial score (nSPS) is 13.1. The van der Waals surface area contributed by atoms with E-state index in [-0.39, 0.29) is 11.8 Å². The average Bonchev–Trinajstić information content (AvgIpc) is 3.10. The third kappa shape index (κ3) is 5.01. The third-order valence-electron chi connectivity index (χ3n) is 4.68. The average molecular weight is 388 g/mol. The minimum atomic E-state index is -2.99. The number of aryl methyl sites for hydroxylation is 2. The topological polar surface area (TPSA) is 84.5 Å². The Kier molecular flexibility index (Phi) is 5.70. The van der Waals surface area contributed by atoms with Gasteiger partial charge in [-0.25, -0.2) is 13.2 Å². The second-order valence-electron chi connectivity index (χ2n) is 6.79. The largest absolute Gasteiger partial charge is 0.495 e. The van der Waals surface area contributed by atoms with Crippen LogP contribution in [0.2, 0.25) is 0 Å². The van der Waals surface area contributed by atoms with Crippen molar-refractivity contribution in [2.75, 3.05) is 29.8 Å². The third-order valence-corrected chi connectivity index (χ3v) is 5.62. The molecule has 0 aliphatic heterocycles. The van der Waals surface area contributed by atoms with E-state index in [2.05, 4.69) is 16.7 Å². The van der Waals surface area contributed by atoms with Crippen LogP contribution in [0.25, 0.3) is 0 Å². The summed E-state index contributed by atoms with van der Waals surface area (Å²) in [6.45, 7) is 0. The molecular formula is C20H24N2O4S. The first-order chi connectivity index (χ1) is 12.9. The van der Waals surface area contributed by atoms with Crippen molar-refractivity contribution in [1.82, 2.24) is 0 Å². The summed E-state index contributed by atoms with van der Waals surface area (Å²) in [6, 6.07) is 10.8. The number of fused-ring (bicyclic) bond motifs is 1. The Morgan fingerprint density at radius 2 is 1.81 bits per heavy atom. The van der Waals surface area contributed by atoms with Crippen LogP contribution in [-0.4, -0.2) is 33.6 Å². The lowest BCUT2D eigenvalue weighted by Gasteiger charge is -2.15. The van der Waals surface area contributed by atoms with E-state index in [1.54, 1.807) is 19.2 Å². The smallest absolute Gasteiger partial charge is 0.323 e. The molecular weight excluding hydrogens is 364 g/mol. The first-order valence-corrected chi connectivity index (χ1v) is 10.9. The van der Waals surface area contributed by atoms with Gasteiger partial charge in [-0.3, -0.25) is 0 Å². The van der Waals surface area contributed by atoms with Gasteiger partial charge in [0.1, 0.15) is 15.6 Å². The Balaban J connectivity index is 1.66. The molecule has 0 atom stereocenters. The Hall–Kier alpha value is -2.54. The van der Waals surface area contributed by atoms with Crippen LogP contribution >= 0.6 is 0 Å². The number of benzene rings is 2. The predicted octanol–water partition coefficient (Wildman–Crippen LogP) is 3.42. The second kappa shape index (κ2) is 8.00. The van der Waals surface area contributed by atoms with Crippen molar-refractivity contribution >= 4 is 27.2 Å². The molecule has 27 heavy (non-hydrogen) atoms. The molecule has 0 heterocycles. The van der Waals surface area contributed by atoms with Crippen molar-refractivity contribution in [1.29, 1.82) is 0 Å². The van der Waals surface area contributed by atoms with Crippen molar-refractivity contribution in [3.05, 3.63) is 53.1 Å². The number of nitrogens with one attached hydrogen (secondary N) is 2. The van der Waals surface area contributed by atoms with Gasteiger partial charge in [0.15, 0.2) is 0 Å². The molecule has 2 N–H and O–H groups in total. The lowest BCUT2D eigenvalue weighted by molar-refractivity contribution is 0.262. The summed E-state index contributed by atoms with van der Waals surface area (Å²) in [6.07, 6.45) is 4.70. The maximum atomic E-state index is 12.4. The van der Waals surface area contributed by atoms with E-state index >= 15 is 0 Å². The lowest BCUT2D eigenvalue weighted by Crippen LogP contribution is -2.20. The molecule has 1 aliphatic rings. The molecule has 0 spiro atoms. The van der Waals surface area contributed by atoms with E-state index in [1.807, 2.05) is 18.2 Å². The number of rotatable bonds is 6. The van der Waals surface area contributed by atoms with E-state index in [0.29, 0.717) is 17.9 Å². The molecule has 6 nitrogen and oxygen atoms in total.